The van der Waals surface area contributed by atoms with Gasteiger partial charge in [0.2, 0.25) is 0 Å². The molecule has 66 valence electrons. The van der Waals surface area contributed by atoms with Gasteiger partial charge in [0.25, 0.3) is 0 Å². The molecule has 11 heavy (non-hydrogen) atoms. The van der Waals surface area contributed by atoms with E-state index in [0.717, 1.165) is 19.6 Å². The van der Waals surface area contributed by atoms with E-state index in [-0.39, 0.29) is 11.9 Å². The van der Waals surface area contributed by atoms with Crippen molar-refractivity contribution < 1.29 is 14.2 Å². The molecule has 3 nitrogen and oxygen atoms in total. The van der Waals surface area contributed by atoms with Gasteiger partial charge in [-0.15, -0.1) is 0 Å². The summed E-state index contributed by atoms with van der Waals surface area (Å²) in [5, 5.41) is 0. The lowest BCUT2D eigenvalue weighted by atomic mass is 10.1. The molecule has 0 spiro atoms. The molecular formula is C8H16O3. The van der Waals surface area contributed by atoms with Crippen molar-refractivity contribution in [1.29, 1.82) is 0 Å². The topological polar surface area (TPSA) is 27.7 Å². The van der Waals surface area contributed by atoms with Crippen LogP contribution in [0.2, 0.25) is 0 Å². The van der Waals surface area contributed by atoms with Gasteiger partial charge in [0.15, 0.2) is 6.29 Å². The first kappa shape index (κ1) is 8.97. The Bertz CT molecular complexity index is 117. The summed E-state index contributed by atoms with van der Waals surface area (Å²) in [5.41, 5.74) is -0.333. The third-order valence-electron chi connectivity index (χ3n) is 1.92. The lowest BCUT2D eigenvalue weighted by molar-refractivity contribution is -0.258. The number of ether oxygens (including phenoxy) is 3. The molecule has 0 amide bonds. The second-order valence-corrected chi connectivity index (χ2v) is 3.23. The zero-order valence-corrected chi connectivity index (χ0v) is 7.42. The minimum Gasteiger partial charge on any atom is -0.374 e. The fraction of sp³-hybridized carbons (Fsp3) is 1.00. The maximum Gasteiger partial charge on any atom is 0.185 e. The number of rotatable bonds is 2. The van der Waals surface area contributed by atoms with E-state index in [1.807, 2.05) is 13.8 Å². The van der Waals surface area contributed by atoms with Gasteiger partial charge < -0.3 is 14.2 Å². The van der Waals surface area contributed by atoms with E-state index in [1.54, 1.807) is 7.11 Å². The largest absolute Gasteiger partial charge is 0.374 e. The molecule has 1 saturated heterocycles. The van der Waals surface area contributed by atoms with Gasteiger partial charge in [-0.25, -0.2) is 0 Å². The Balaban J connectivity index is 2.43. The zero-order valence-electron chi connectivity index (χ0n) is 7.42. The number of methoxy groups -OCH3 is 1. The first-order valence-electron chi connectivity index (χ1n) is 3.95. The van der Waals surface area contributed by atoms with Crippen molar-refractivity contribution in [2.45, 2.75) is 32.2 Å². The summed E-state index contributed by atoms with van der Waals surface area (Å²) in [7, 11) is 1.67. The fourth-order valence-electron chi connectivity index (χ4n) is 0.985. The fourth-order valence-corrected chi connectivity index (χ4v) is 0.985. The summed E-state index contributed by atoms with van der Waals surface area (Å²) in [6.07, 6.45) is 0.775. The lowest BCUT2D eigenvalue weighted by Gasteiger charge is -2.35. The van der Waals surface area contributed by atoms with Gasteiger partial charge in [0.05, 0.1) is 13.2 Å². The Kier molecular flexibility index (Phi) is 2.87. The smallest absolute Gasteiger partial charge is 0.185 e. The molecule has 1 aliphatic rings. The molecule has 0 atom stereocenters. The summed E-state index contributed by atoms with van der Waals surface area (Å²) in [5.74, 6) is 0. The highest BCUT2D eigenvalue weighted by atomic mass is 16.7. The van der Waals surface area contributed by atoms with Crippen LogP contribution >= 0.6 is 0 Å². The SMILES string of the molecule is COC(C)(C)C1OCCCO1. The van der Waals surface area contributed by atoms with E-state index in [2.05, 4.69) is 0 Å². The predicted molar refractivity (Wildman–Crippen MR) is 41.4 cm³/mol. The molecule has 0 N–H and O–H groups in total. The van der Waals surface area contributed by atoms with Crippen LogP contribution in [-0.4, -0.2) is 32.2 Å². The highest BCUT2D eigenvalue weighted by molar-refractivity contribution is 4.74. The maximum atomic E-state index is 5.39. The van der Waals surface area contributed by atoms with E-state index >= 15 is 0 Å². The van der Waals surface area contributed by atoms with Gasteiger partial charge in [-0.2, -0.15) is 0 Å². The van der Waals surface area contributed by atoms with Gasteiger partial charge in [-0.3, -0.25) is 0 Å². The van der Waals surface area contributed by atoms with Crippen LogP contribution in [0.5, 0.6) is 0 Å². The van der Waals surface area contributed by atoms with Crippen molar-refractivity contribution in [1.82, 2.24) is 0 Å². The molecule has 0 unspecified atom stereocenters. The van der Waals surface area contributed by atoms with Gasteiger partial charge in [-0.05, 0) is 20.3 Å². The Morgan fingerprint density at radius 2 is 1.82 bits per heavy atom. The van der Waals surface area contributed by atoms with Crippen LogP contribution in [0.1, 0.15) is 20.3 Å². The molecule has 1 fully saturated rings. The van der Waals surface area contributed by atoms with Crippen molar-refractivity contribution in [3.63, 3.8) is 0 Å². The molecule has 0 radical (unpaired) electrons. The quantitative estimate of drug-likeness (QED) is 0.607. The van der Waals surface area contributed by atoms with Crippen molar-refractivity contribution in [3.8, 4) is 0 Å². The minimum absolute atomic E-state index is 0.207. The van der Waals surface area contributed by atoms with Crippen molar-refractivity contribution in [2.24, 2.45) is 0 Å². The van der Waals surface area contributed by atoms with Crippen LogP contribution in [0.4, 0.5) is 0 Å². The molecule has 1 aliphatic heterocycles. The first-order valence-corrected chi connectivity index (χ1v) is 3.95. The van der Waals surface area contributed by atoms with Crippen LogP contribution in [0.25, 0.3) is 0 Å². The summed E-state index contributed by atoms with van der Waals surface area (Å²) < 4.78 is 16.0. The maximum absolute atomic E-state index is 5.39. The molecule has 0 aromatic heterocycles. The average molecular weight is 160 g/mol. The van der Waals surface area contributed by atoms with Gasteiger partial charge in [0, 0.05) is 7.11 Å². The standard InChI is InChI=1S/C8H16O3/c1-8(2,9-3)7-10-5-4-6-11-7/h7H,4-6H2,1-3H3. The third-order valence-corrected chi connectivity index (χ3v) is 1.92. The van der Waals surface area contributed by atoms with Crippen LogP contribution in [0.15, 0.2) is 0 Å². The van der Waals surface area contributed by atoms with Crippen LogP contribution < -0.4 is 0 Å². The second kappa shape index (κ2) is 3.52. The molecule has 1 rings (SSSR count). The van der Waals surface area contributed by atoms with E-state index in [9.17, 15) is 0 Å². The minimum atomic E-state index is -0.333. The average Bonchev–Trinajstić information content (AvgIpc) is 2.06. The van der Waals surface area contributed by atoms with Crippen LogP contribution in [0, 0.1) is 0 Å². The molecule has 0 aromatic carbocycles. The first-order chi connectivity index (χ1) is 5.17. The Morgan fingerprint density at radius 1 is 1.27 bits per heavy atom. The summed E-state index contributed by atoms with van der Waals surface area (Å²) in [4.78, 5) is 0. The monoisotopic (exact) mass is 160 g/mol. The molecule has 0 aromatic rings. The van der Waals surface area contributed by atoms with E-state index in [4.69, 9.17) is 14.2 Å². The van der Waals surface area contributed by atoms with Crippen molar-refractivity contribution in [2.75, 3.05) is 20.3 Å². The van der Waals surface area contributed by atoms with E-state index in [0.29, 0.717) is 0 Å². The van der Waals surface area contributed by atoms with Crippen LogP contribution in [-0.2, 0) is 14.2 Å². The van der Waals surface area contributed by atoms with Gasteiger partial charge >= 0.3 is 0 Å². The molecule has 0 aliphatic carbocycles. The third kappa shape index (κ3) is 2.15. The summed E-state index contributed by atoms with van der Waals surface area (Å²) in [6.45, 7) is 5.47. The molecule has 3 heteroatoms. The van der Waals surface area contributed by atoms with Crippen molar-refractivity contribution >= 4 is 0 Å². The molecule has 0 bridgehead atoms. The second-order valence-electron chi connectivity index (χ2n) is 3.23. The molecular weight excluding hydrogens is 144 g/mol. The zero-order chi connectivity index (χ0) is 8.32. The van der Waals surface area contributed by atoms with E-state index in [1.165, 1.54) is 0 Å². The van der Waals surface area contributed by atoms with Crippen molar-refractivity contribution in [3.05, 3.63) is 0 Å². The highest BCUT2D eigenvalue weighted by Crippen LogP contribution is 2.20. The summed E-state index contributed by atoms with van der Waals surface area (Å²) >= 11 is 0. The number of hydrogen-bond acceptors (Lipinski definition) is 3. The molecule has 0 saturated carbocycles. The highest BCUT2D eigenvalue weighted by Gasteiger charge is 2.32. The van der Waals surface area contributed by atoms with E-state index < -0.39 is 0 Å². The Hall–Kier alpha value is -0.120. The Labute approximate surface area is 67.6 Å². The summed E-state index contributed by atoms with van der Waals surface area (Å²) in [6, 6.07) is 0. The Morgan fingerprint density at radius 3 is 2.27 bits per heavy atom. The van der Waals surface area contributed by atoms with Gasteiger partial charge in [-0.1, -0.05) is 0 Å². The van der Waals surface area contributed by atoms with Crippen LogP contribution in [0.3, 0.4) is 0 Å². The predicted octanol–water partition coefficient (Wildman–Crippen LogP) is 1.17. The molecule has 1 heterocycles. The van der Waals surface area contributed by atoms with Gasteiger partial charge in [0.1, 0.15) is 5.60 Å². The number of hydrogen-bond donors (Lipinski definition) is 0. The lowest BCUT2D eigenvalue weighted by Crippen LogP contribution is -2.44. The normalized spacial score (nSPS) is 22.1.